The summed E-state index contributed by atoms with van der Waals surface area (Å²) in [6.45, 7) is 0. The summed E-state index contributed by atoms with van der Waals surface area (Å²) in [5.41, 5.74) is -0.109. The van der Waals surface area contributed by atoms with Crippen LogP contribution in [0.2, 0.25) is 5.02 Å². The number of nitro groups is 1. The topological polar surface area (TPSA) is 76.2 Å². The van der Waals surface area contributed by atoms with Crippen LogP contribution in [-0.2, 0) is 0 Å². The Bertz CT molecular complexity index is 354. The van der Waals surface area contributed by atoms with E-state index < -0.39 is 4.92 Å². The predicted molar refractivity (Wildman–Crippen MR) is 47.5 cm³/mol. The fourth-order valence-corrected chi connectivity index (χ4v) is 0.982. The second-order valence-electron chi connectivity index (χ2n) is 2.11. The Kier molecular flexibility index (Phi) is 2.81. The molecule has 1 aromatic carbocycles. The van der Waals surface area contributed by atoms with Crippen LogP contribution in [0.5, 0.6) is 5.75 Å². The number of nitrogens with one attached hydrogen (secondary N) is 1. The number of rotatable bonds is 3. The summed E-state index contributed by atoms with van der Waals surface area (Å²) < 4.78 is 4.66. The third-order valence-corrected chi connectivity index (χ3v) is 1.61. The van der Waals surface area contributed by atoms with Gasteiger partial charge in [-0.3, -0.25) is 15.5 Å². The van der Waals surface area contributed by atoms with E-state index >= 15 is 0 Å². The third-order valence-electron chi connectivity index (χ3n) is 1.31. The van der Waals surface area contributed by atoms with Crippen LogP contribution >= 0.6 is 11.6 Å². The standard InChI is InChI=1S/C7H5ClN2O3/c8-6-3-5(10(11)12)1-2-7(6)13-4-9/h1-4,9H. The quantitative estimate of drug-likeness (QED) is 0.352. The van der Waals surface area contributed by atoms with E-state index in [4.69, 9.17) is 17.0 Å². The SMILES string of the molecule is N=COc1ccc([N+](=O)[O-])cc1Cl. The van der Waals surface area contributed by atoms with Gasteiger partial charge < -0.3 is 4.74 Å². The predicted octanol–water partition coefficient (Wildman–Crippen LogP) is 2.23. The van der Waals surface area contributed by atoms with Crippen LogP contribution in [0.15, 0.2) is 18.2 Å². The second-order valence-corrected chi connectivity index (χ2v) is 2.51. The minimum Gasteiger partial charge on any atom is -0.445 e. The van der Waals surface area contributed by atoms with Gasteiger partial charge >= 0.3 is 0 Å². The summed E-state index contributed by atoms with van der Waals surface area (Å²) in [5, 5.41) is 17.0. The highest BCUT2D eigenvalue weighted by Crippen LogP contribution is 2.27. The molecule has 0 bridgehead atoms. The molecule has 0 aliphatic rings. The first-order valence-electron chi connectivity index (χ1n) is 3.24. The molecule has 0 aromatic heterocycles. The van der Waals surface area contributed by atoms with Crippen LogP contribution in [0.25, 0.3) is 0 Å². The van der Waals surface area contributed by atoms with Gasteiger partial charge in [-0.15, -0.1) is 0 Å². The molecule has 1 N–H and O–H groups in total. The largest absolute Gasteiger partial charge is 0.445 e. The average Bonchev–Trinajstić information content (AvgIpc) is 2.08. The number of nitrogens with zero attached hydrogens (tertiary/aromatic N) is 1. The molecule has 0 spiro atoms. The number of ether oxygens (including phenoxy) is 1. The molecular weight excluding hydrogens is 196 g/mol. The lowest BCUT2D eigenvalue weighted by atomic mass is 10.3. The molecule has 1 rings (SSSR count). The lowest BCUT2D eigenvalue weighted by molar-refractivity contribution is -0.384. The number of nitro benzene ring substituents is 1. The highest BCUT2D eigenvalue weighted by molar-refractivity contribution is 6.32. The first-order valence-corrected chi connectivity index (χ1v) is 3.62. The Morgan fingerprint density at radius 1 is 1.62 bits per heavy atom. The van der Waals surface area contributed by atoms with Gasteiger partial charge in [0.25, 0.3) is 5.69 Å². The molecule has 13 heavy (non-hydrogen) atoms. The van der Waals surface area contributed by atoms with Crippen molar-refractivity contribution in [3.63, 3.8) is 0 Å². The molecule has 5 nitrogen and oxygen atoms in total. The van der Waals surface area contributed by atoms with Crippen LogP contribution in [-0.4, -0.2) is 11.3 Å². The molecule has 68 valence electrons. The van der Waals surface area contributed by atoms with Gasteiger partial charge in [-0.1, -0.05) is 11.6 Å². The van der Waals surface area contributed by atoms with Crippen molar-refractivity contribution < 1.29 is 9.66 Å². The van der Waals surface area contributed by atoms with E-state index in [-0.39, 0.29) is 16.5 Å². The van der Waals surface area contributed by atoms with E-state index in [0.29, 0.717) is 6.40 Å². The Morgan fingerprint density at radius 2 is 2.31 bits per heavy atom. The van der Waals surface area contributed by atoms with Gasteiger partial charge in [0.2, 0.25) is 0 Å². The van der Waals surface area contributed by atoms with Crippen molar-refractivity contribution in [2.24, 2.45) is 0 Å². The van der Waals surface area contributed by atoms with Crippen LogP contribution in [0.4, 0.5) is 5.69 Å². The molecule has 0 aliphatic carbocycles. The summed E-state index contributed by atoms with van der Waals surface area (Å²) >= 11 is 5.62. The Hall–Kier alpha value is -1.62. The Labute approximate surface area is 78.6 Å². The lowest BCUT2D eigenvalue weighted by Crippen LogP contribution is -1.91. The number of benzene rings is 1. The van der Waals surface area contributed by atoms with Crippen molar-refractivity contribution in [3.05, 3.63) is 33.3 Å². The summed E-state index contributed by atoms with van der Waals surface area (Å²) in [6.07, 6.45) is 0.701. The summed E-state index contributed by atoms with van der Waals surface area (Å²) in [4.78, 5) is 9.73. The van der Waals surface area contributed by atoms with Crippen molar-refractivity contribution in [3.8, 4) is 5.75 Å². The summed E-state index contributed by atoms with van der Waals surface area (Å²) in [6, 6.07) is 3.76. The van der Waals surface area contributed by atoms with Crippen LogP contribution < -0.4 is 4.74 Å². The molecule has 0 fully saturated rings. The highest BCUT2D eigenvalue weighted by Gasteiger charge is 2.09. The molecule has 0 unspecified atom stereocenters. The lowest BCUT2D eigenvalue weighted by Gasteiger charge is -2.00. The smallest absolute Gasteiger partial charge is 0.271 e. The zero-order chi connectivity index (χ0) is 9.84. The fraction of sp³-hybridized carbons (Fsp3) is 0. The zero-order valence-electron chi connectivity index (χ0n) is 6.36. The monoisotopic (exact) mass is 200 g/mol. The molecule has 1 aromatic rings. The number of halogens is 1. The highest BCUT2D eigenvalue weighted by atomic mass is 35.5. The molecule has 0 heterocycles. The maximum Gasteiger partial charge on any atom is 0.271 e. The van der Waals surface area contributed by atoms with Crippen molar-refractivity contribution in [1.29, 1.82) is 5.41 Å². The first-order chi connectivity index (χ1) is 6.15. The molecule has 0 atom stereocenters. The van der Waals surface area contributed by atoms with Gasteiger partial charge in [0.15, 0.2) is 6.40 Å². The average molecular weight is 201 g/mol. The number of non-ortho nitro benzene ring substituents is 1. The maximum atomic E-state index is 10.3. The van der Waals surface area contributed by atoms with Gasteiger partial charge in [0, 0.05) is 12.1 Å². The third kappa shape index (κ3) is 2.16. The van der Waals surface area contributed by atoms with Gasteiger partial charge in [-0.05, 0) is 6.07 Å². The van der Waals surface area contributed by atoms with Crippen molar-refractivity contribution >= 4 is 23.7 Å². The zero-order valence-corrected chi connectivity index (χ0v) is 7.12. The molecular formula is C7H5ClN2O3. The van der Waals surface area contributed by atoms with Crippen molar-refractivity contribution in [1.82, 2.24) is 0 Å². The molecule has 0 amide bonds. The summed E-state index contributed by atoms with van der Waals surface area (Å²) in [5.74, 6) is 0.224. The maximum absolute atomic E-state index is 10.3. The fourth-order valence-electron chi connectivity index (χ4n) is 0.762. The van der Waals surface area contributed by atoms with E-state index in [2.05, 4.69) is 4.74 Å². The van der Waals surface area contributed by atoms with E-state index in [0.717, 1.165) is 0 Å². The van der Waals surface area contributed by atoms with Crippen LogP contribution in [0.1, 0.15) is 0 Å². The van der Waals surface area contributed by atoms with Crippen LogP contribution in [0.3, 0.4) is 0 Å². The van der Waals surface area contributed by atoms with Crippen molar-refractivity contribution in [2.75, 3.05) is 0 Å². The molecule has 0 saturated heterocycles. The Balaban J connectivity index is 3.04. The van der Waals surface area contributed by atoms with Gasteiger partial charge in [0.1, 0.15) is 5.75 Å². The van der Waals surface area contributed by atoms with Crippen molar-refractivity contribution in [2.45, 2.75) is 0 Å². The van der Waals surface area contributed by atoms with Gasteiger partial charge in [0.05, 0.1) is 9.95 Å². The van der Waals surface area contributed by atoms with E-state index in [1.54, 1.807) is 0 Å². The van der Waals surface area contributed by atoms with E-state index in [9.17, 15) is 10.1 Å². The second kappa shape index (κ2) is 3.86. The number of hydrogen-bond donors (Lipinski definition) is 1. The van der Waals surface area contributed by atoms with Gasteiger partial charge in [-0.25, -0.2) is 0 Å². The molecule has 0 saturated carbocycles. The molecule has 0 radical (unpaired) electrons. The minimum atomic E-state index is -0.555. The van der Waals surface area contributed by atoms with E-state index in [1.165, 1.54) is 18.2 Å². The van der Waals surface area contributed by atoms with Gasteiger partial charge in [-0.2, -0.15) is 0 Å². The Morgan fingerprint density at radius 3 is 2.77 bits per heavy atom. The van der Waals surface area contributed by atoms with Crippen LogP contribution in [0, 0.1) is 15.5 Å². The minimum absolute atomic E-state index is 0.109. The molecule has 6 heteroatoms. The first kappa shape index (κ1) is 9.47. The summed E-state index contributed by atoms with van der Waals surface area (Å²) in [7, 11) is 0. The normalized spacial score (nSPS) is 9.31. The molecule has 0 aliphatic heterocycles. The number of hydrogen-bond acceptors (Lipinski definition) is 4. The van der Waals surface area contributed by atoms with E-state index in [1.807, 2.05) is 0 Å².